The van der Waals surface area contributed by atoms with E-state index in [4.69, 9.17) is 0 Å². The Morgan fingerprint density at radius 3 is 2.32 bits per heavy atom. The molecule has 0 fully saturated rings. The molecule has 0 aliphatic rings. The lowest BCUT2D eigenvalue weighted by Gasteiger charge is -2.14. The van der Waals surface area contributed by atoms with Gasteiger partial charge in [0, 0.05) is 17.7 Å². The number of halogens is 1. The monoisotopic (exact) mass is 359 g/mol. The fraction of sp³-hybridized carbons (Fsp3) is 0.222. The molecule has 1 heterocycles. The van der Waals surface area contributed by atoms with Crippen molar-refractivity contribution in [2.45, 2.75) is 30.8 Å². The lowest BCUT2D eigenvalue weighted by molar-refractivity contribution is 0.552. The van der Waals surface area contributed by atoms with Crippen molar-refractivity contribution in [1.29, 1.82) is 0 Å². The summed E-state index contributed by atoms with van der Waals surface area (Å²) >= 11 is 0. The molecule has 0 radical (unpaired) electrons. The predicted molar refractivity (Wildman–Crippen MR) is 93.1 cm³/mol. The molecule has 1 atom stereocenters. The zero-order valence-corrected chi connectivity index (χ0v) is 14.7. The predicted octanol–water partition coefficient (Wildman–Crippen LogP) is 3.64. The van der Waals surface area contributed by atoms with Crippen LogP contribution in [0.25, 0.3) is 11.4 Å². The summed E-state index contributed by atoms with van der Waals surface area (Å²) in [4.78, 5) is 0. The number of nitrogens with zero attached hydrogens (tertiary/aromatic N) is 3. The van der Waals surface area contributed by atoms with Crippen LogP contribution in [0.3, 0.4) is 0 Å². The van der Waals surface area contributed by atoms with Gasteiger partial charge in [-0.2, -0.15) is 0 Å². The van der Waals surface area contributed by atoms with Crippen molar-refractivity contribution >= 4 is 9.84 Å². The molecule has 2 aromatic carbocycles. The second-order valence-electron chi connectivity index (χ2n) is 5.63. The number of benzene rings is 2. The summed E-state index contributed by atoms with van der Waals surface area (Å²) in [6, 6.07) is 15.1. The van der Waals surface area contributed by atoms with E-state index in [-0.39, 0.29) is 10.7 Å². The van der Waals surface area contributed by atoms with Crippen LogP contribution >= 0.6 is 0 Å². The van der Waals surface area contributed by atoms with Gasteiger partial charge in [0.05, 0.1) is 5.25 Å². The van der Waals surface area contributed by atoms with E-state index in [0.717, 1.165) is 5.56 Å². The van der Waals surface area contributed by atoms with Crippen molar-refractivity contribution in [3.8, 4) is 11.4 Å². The summed E-state index contributed by atoms with van der Waals surface area (Å²) < 4.78 is 41.6. The van der Waals surface area contributed by atoms with Gasteiger partial charge in [-0.1, -0.05) is 48.5 Å². The second-order valence-corrected chi connectivity index (χ2v) is 7.79. The molecule has 130 valence electrons. The SMILES string of the molecule is CCn1c(-c2ccccc2)nnc1S(=O)(=O)[C@@H](C)c1ccccc1F. The molecule has 0 amide bonds. The first-order valence-electron chi connectivity index (χ1n) is 7.93. The lowest BCUT2D eigenvalue weighted by Crippen LogP contribution is -2.17. The molecule has 25 heavy (non-hydrogen) atoms. The van der Waals surface area contributed by atoms with E-state index in [0.29, 0.717) is 12.4 Å². The lowest BCUT2D eigenvalue weighted by atomic mass is 10.1. The van der Waals surface area contributed by atoms with E-state index in [1.807, 2.05) is 37.3 Å². The summed E-state index contributed by atoms with van der Waals surface area (Å²) in [5, 5.41) is 6.76. The highest BCUT2D eigenvalue weighted by Gasteiger charge is 2.32. The average molecular weight is 359 g/mol. The van der Waals surface area contributed by atoms with Crippen LogP contribution in [0.15, 0.2) is 59.8 Å². The summed E-state index contributed by atoms with van der Waals surface area (Å²) in [7, 11) is -3.90. The Morgan fingerprint density at radius 2 is 1.68 bits per heavy atom. The Hall–Kier alpha value is -2.54. The average Bonchev–Trinajstić information content (AvgIpc) is 3.07. The Kier molecular flexibility index (Phi) is 4.67. The van der Waals surface area contributed by atoms with Gasteiger partial charge in [-0.15, -0.1) is 10.2 Å². The Bertz CT molecular complexity index is 985. The molecule has 0 aliphatic carbocycles. The molecule has 3 rings (SSSR count). The molecule has 0 saturated carbocycles. The minimum atomic E-state index is -3.90. The second kappa shape index (κ2) is 6.76. The molecule has 0 saturated heterocycles. The highest BCUT2D eigenvalue weighted by Crippen LogP contribution is 2.31. The molecule has 0 unspecified atom stereocenters. The zero-order chi connectivity index (χ0) is 18.0. The fourth-order valence-electron chi connectivity index (χ4n) is 2.72. The largest absolute Gasteiger partial charge is 0.298 e. The normalized spacial score (nSPS) is 12.9. The zero-order valence-electron chi connectivity index (χ0n) is 13.9. The van der Waals surface area contributed by atoms with E-state index < -0.39 is 20.9 Å². The topological polar surface area (TPSA) is 64.8 Å². The van der Waals surface area contributed by atoms with Crippen LogP contribution < -0.4 is 0 Å². The van der Waals surface area contributed by atoms with E-state index in [1.165, 1.54) is 25.1 Å². The van der Waals surface area contributed by atoms with E-state index in [9.17, 15) is 12.8 Å². The number of hydrogen-bond donors (Lipinski definition) is 0. The quantitative estimate of drug-likeness (QED) is 0.698. The summed E-state index contributed by atoms with van der Waals surface area (Å²) in [5.74, 6) is -0.0770. The Labute approximate surface area is 146 Å². The molecule has 0 spiro atoms. The van der Waals surface area contributed by atoms with Gasteiger partial charge >= 0.3 is 0 Å². The third-order valence-corrected chi connectivity index (χ3v) is 6.12. The number of aromatic nitrogens is 3. The van der Waals surface area contributed by atoms with Crippen LogP contribution in [0.1, 0.15) is 24.7 Å². The maximum absolute atomic E-state index is 14.0. The van der Waals surface area contributed by atoms with E-state index in [2.05, 4.69) is 10.2 Å². The van der Waals surface area contributed by atoms with Crippen LogP contribution in [0.4, 0.5) is 4.39 Å². The highest BCUT2D eigenvalue weighted by atomic mass is 32.2. The number of hydrogen-bond acceptors (Lipinski definition) is 4. The smallest absolute Gasteiger partial charge is 0.250 e. The molecule has 1 aromatic heterocycles. The van der Waals surface area contributed by atoms with Gasteiger partial charge in [-0.25, -0.2) is 12.8 Å². The molecule has 3 aromatic rings. The van der Waals surface area contributed by atoms with Gasteiger partial charge in [-0.05, 0) is 19.9 Å². The van der Waals surface area contributed by atoms with Gasteiger partial charge in [0.15, 0.2) is 5.82 Å². The molecule has 5 nitrogen and oxygen atoms in total. The first-order valence-corrected chi connectivity index (χ1v) is 9.48. The third-order valence-electron chi connectivity index (χ3n) is 4.13. The first-order chi connectivity index (χ1) is 12.0. The van der Waals surface area contributed by atoms with Crippen molar-refractivity contribution < 1.29 is 12.8 Å². The molecule has 0 N–H and O–H groups in total. The summed E-state index contributed by atoms with van der Waals surface area (Å²) in [6.07, 6.45) is 0. The minimum Gasteiger partial charge on any atom is -0.298 e. The number of sulfone groups is 1. The van der Waals surface area contributed by atoms with Gasteiger partial charge in [0.1, 0.15) is 5.82 Å². The third kappa shape index (κ3) is 3.07. The molecule has 0 bridgehead atoms. The van der Waals surface area contributed by atoms with Crippen LogP contribution in [0.5, 0.6) is 0 Å². The Balaban J connectivity index is 2.10. The van der Waals surface area contributed by atoms with E-state index >= 15 is 0 Å². The standard InChI is InChI=1S/C18H18FN3O2S/c1-3-22-17(14-9-5-4-6-10-14)20-21-18(22)25(23,24)13(2)15-11-7-8-12-16(15)19/h4-13H,3H2,1-2H3/t13-/m0/s1. The molecule has 0 aliphatic heterocycles. The van der Waals surface area contributed by atoms with Crippen LogP contribution in [0.2, 0.25) is 0 Å². The van der Waals surface area contributed by atoms with Crippen LogP contribution in [0, 0.1) is 5.82 Å². The maximum Gasteiger partial charge on any atom is 0.250 e. The van der Waals surface area contributed by atoms with Crippen molar-refractivity contribution in [1.82, 2.24) is 14.8 Å². The van der Waals surface area contributed by atoms with Gasteiger partial charge in [0.2, 0.25) is 9.84 Å². The fourth-order valence-corrected chi connectivity index (χ4v) is 4.23. The molecular formula is C18H18FN3O2S. The summed E-state index contributed by atoms with van der Waals surface area (Å²) in [5.41, 5.74) is 0.895. The van der Waals surface area contributed by atoms with Crippen LogP contribution in [-0.2, 0) is 16.4 Å². The minimum absolute atomic E-state index is 0.120. The Morgan fingerprint density at radius 1 is 1.04 bits per heavy atom. The van der Waals surface area contributed by atoms with Crippen molar-refractivity contribution in [3.63, 3.8) is 0 Å². The first kappa shape index (κ1) is 17.3. The van der Waals surface area contributed by atoms with Crippen molar-refractivity contribution in [2.75, 3.05) is 0 Å². The van der Waals surface area contributed by atoms with Gasteiger partial charge < -0.3 is 0 Å². The summed E-state index contributed by atoms with van der Waals surface area (Å²) in [6.45, 7) is 3.67. The molecule has 7 heteroatoms. The van der Waals surface area contributed by atoms with Crippen molar-refractivity contribution in [3.05, 3.63) is 66.0 Å². The van der Waals surface area contributed by atoms with Crippen LogP contribution in [-0.4, -0.2) is 23.2 Å². The van der Waals surface area contributed by atoms with Gasteiger partial charge in [0.25, 0.3) is 5.16 Å². The highest BCUT2D eigenvalue weighted by molar-refractivity contribution is 7.91. The maximum atomic E-state index is 14.0. The van der Waals surface area contributed by atoms with Gasteiger partial charge in [-0.3, -0.25) is 4.57 Å². The molecular weight excluding hydrogens is 341 g/mol. The van der Waals surface area contributed by atoms with Crippen molar-refractivity contribution in [2.24, 2.45) is 0 Å². The number of rotatable bonds is 5. The van der Waals surface area contributed by atoms with E-state index in [1.54, 1.807) is 10.6 Å².